The molecule has 0 aliphatic heterocycles. The van der Waals surface area contributed by atoms with Gasteiger partial charge in [0.05, 0.1) is 6.61 Å². The molecule has 0 amide bonds. The van der Waals surface area contributed by atoms with E-state index in [1.54, 1.807) is 0 Å². The number of rotatable bonds is 6. The standard InChI is InChI=1S/C17H24N2O2/c1-11(2)6-15(10-20)18-9-14-8-13-5-4-12(3)7-16(13)19-17(14)21/h4-5,7-8,11,15,18,20H,6,9-10H2,1-3H3,(H,19,21)/t15-/m1/s1. The number of hydrogen-bond acceptors (Lipinski definition) is 3. The van der Waals surface area contributed by atoms with Crippen LogP contribution < -0.4 is 10.9 Å². The van der Waals surface area contributed by atoms with Gasteiger partial charge >= 0.3 is 0 Å². The maximum Gasteiger partial charge on any atom is 0.252 e. The number of benzene rings is 1. The second-order valence-corrected chi connectivity index (χ2v) is 6.10. The van der Waals surface area contributed by atoms with Crippen LogP contribution in [-0.2, 0) is 6.54 Å². The lowest BCUT2D eigenvalue weighted by Gasteiger charge is -2.18. The van der Waals surface area contributed by atoms with E-state index in [9.17, 15) is 9.90 Å². The molecule has 21 heavy (non-hydrogen) atoms. The number of pyridine rings is 1. The normalized spacial score (nSPS) is 13.0. The van der Waals surface area contributed by atoms with E-state index < -0.39 is 0 Å². The minimum Gasteiger partial charge on any atom is -0.395 e. The molecule has 4 nitrogen and oxygen atoms in total. The molecule has 0 saturated carbocycles. The van der Waals surface area contributed by atoms with Gasteiger partial charge < -0.3 is 15.4 Å². The highest BCUT2D eigenvalue weighted by Gasteiger charge is 2.10. The van der Waals surface area contributed by atoms with Crippen molar-refractivity contribution in [2.24, 2.45) is 5.92 Å². The van der Waals surface area contributed by atoms with Crippen molar-refractivity contribution >= 4 is 10.9 Å². The summed E-state index contributed by atoms with van der Waals surface area (Å²) in [6.07, 6.45) is 0.890. The molecule has 0 fully saturated rings. The van der Waals surface area contributed by atoms with Gasteiger partial charge in [-0.25, -0.2) is 0 Å². The minimum atomic E-state index is -0.0677. The first-order valence-electron chi connectivity index (χ1n) is 7.46. The Morgan fingerprint density at radius 3 is 2.71 bits per heavy atom. The topological polar surface area (TPSA) is 65.1 Å². The number of fused-ring (bicyclic) bond motifs is 1. The number of H-pyrrole nitrogens is 1. The van der Waals surface area contributed by atoms with Crippen LogP contribution in [0.4, 0.5) is 0 Å². The Bertz CT molecular complexity index is 661. The number of nitrogens with one attached hydrogen (secondary N) is 2. The van der Waals surface area contributed by atoms with Crippen LogP contribution in [0.2, 0.25) is 0 Å². The van der Waals surface area contributed by atoms with Gasteiger partial charge in [0.15, 0.2) is 0 Å². The van der Waals surface area contributed by atoms with Crippen LogP contribution in [0.5, 0.6) is 0 Å². The van der Waals surface area contributed by atoms with Crippen molar-refractivity contribution in [3.05, 3.63) is 45.7 Å². The Hall–Kier alpha value is -1.65. The fraction of sp³-hybridized carbons (Fsp3) is 0.471. The summed E-state index contributed by atoms with van der Waals surface area (Å²) in [5, 5.41) is 13.7. The Morgan fingerprint density at radius 2 is 2.05 bits per heavy atom. The Morgan fingerprint density at radius 1 is 1.29 bits per heavy atom. The molecule has 0 unspecified atom stereocenters. The van der Waals surface area contributed by atoms with E-state index in [1.165, 1.54) is 0 Å². The first-order chi connectivity index (χ1) is 9.99. The smallest absolute Gasteiger partial charge is 0.252 e. The maximum absolute atomic E-state index is 12.1. The summed E-state index contributed by atoms with van der Waals surface area (Å²) in [5.41, 5.74) is 2.63. The quantitative estimate of drug-likeness (QED) is 0.764. The van der Waals surface area contributed by atoms with E-state index in [0.29, 0.717) is 18.0 Å². The van der Waals surface area contributed by atoms with Crippen molar-refractivity contribution in [3.63, 3.8) is 0 Å². The molecule has 1 aromatic carbocycles. The maximum atomic E-state index is 12.1. The molecule has 2 rings (SSSR count). The van der Waals surface area contributed by atoms with Crippen molar-refractivity contribution in [1.82, 2.24) is 10.3 Å². The van der Waals surface area contributed by atoms with Gasteiger partial charge in [-0.2, -0.15) is 0 Å². The van der Waals surface area contributed by atoms with Crippen LogP contribution in [0.15, 0.2) is 29.1 Å². The number of aliphatic hydroxyl groups excluding tert-OH is 1. The van der Waals surface area contributed by atoms with Crippen LogP contribution in [0.3, 0.4) is 0 Å². The Balaban J connectivity index is 2.16. The molecule has 1 atom stereocenters. The highest BCUT2D eigenvalue weighted by atomic mass is 16.3. The SMILES string of the molecule is Cc1ccc2cc(CN[C@@H](CO)CC(C)C)c(=O)[nH]c2c1. The van der Waals surface area contributed by atoms with Crippen LogP contribution in [-0.4, -0.2) is 22.7 Å². The second kappa shape index (κ2) is 6.87. The highest BCUT2D eigenvalue weighted by Crippen LogP contribution is 2.13. The zero-order valence-electron chi connectivity index (χ0n) is 12.9. The third kappa shape index (κ3) is 4.16. The van der Waals surface area contributed by atoms with E-state index in [4.69, 9.17) is 0 Å². The summed E-state index contributed by atoms with van der Waals surface area (Å²) in [6, 6.07) is 7.97. The molecule has 3 N–H and O–H groups in total. The fourth-order valence-electron chi connectivity index (χ4n) is 2.54. The third-order valence-corrected chi connectivity index (χ3v) is 3.64. The van der Waals surface area contributed by atoms with Crippen LogP contribution in [0.1, 0.15) is 31.4 Å². The molecule has 0 saturated heterocycles. The summed E-state index contributed by atoms with van der Waals surface area (Å²) in [6.45, 7) is 6.80. The van der Waals surface area contributed by atoms with Crippen molar-refractivity contribution < 1.29 is 5.11 Å². The zero-order valence-corrected chi connectivity index (χ0v) is 12.9. The predicted octanol–water partition coefficient (Wildman–Crippen LogP) is 2.33. The van der Waals surface area contributed by atoms with E-state index in [1.807, 2.05) is 31.2 Å². The molecule has 0 bridgehead atoms. The van der Waals surface area contributed by atoms with E-state index in [0.717, 1.165) is 22.9 Å². The zero-order chi connectivity index (χ0) is 15.4. The third-order valence-electron chi connectivity index (χ3n) is 3.64. The van der Waals surface area contributed by atoms with Gasteiger partial charge in [0.1, 0.15) is 0 Å². The number of aromatic amines is 1. The lowest BCUT2D eigenvalue weighted by Crippen LogP contribution is -2.34. The van der Waals surface area contributed by atoms with E-state index in [-0.39, 0.29) is 18.2 Å². The molecular formula is C17H24N2O2. The summed E-state index contributed by atoms with van der Waals surface area (Å²) in [7, 11) is 0. The van der Waals surface area contributed by atoms with Crippen LogP contribution >= 0.6 is 0 Å². The molecule has 1 heterocycles. The molecule has 1 aromatic heterocycles. The average Bonchev–Trinajstić information content (AvgIpc) is 2.43. The molecule has 0 radical (unpaired) electrons. The monoisotopic (exact) mass is 288 g/mol. The highest BCUT2D eigenvalue weighted by molar-refractivity contribution is 5.79. The van der Waals surface area contributed by atoms with Gasteiger partial charge in [0, 0.05) is 23.7 Å². The largest absolute Gasteiger partial charge is 0.395 e. The predicted molar refractivity (Wildman–Crippen MR) is 86.5 cm³/mol. The Labute approximate surface area is 125 Å². The molecule has 4 heteroatoms. The lowest BCUT2D eigenvalue weighted by molar-refractivity contribution is 0.223. The molecular weight excluding hydrogens is 264 g/mol. The number of aliphatic hydroxyl groups is 1. The number of hydrogen-bond donors (Lipinski definition) is 3. The summed E-state index contributed by atoms with van der Waals surface area (Å²) < 4.78 is 0. The summed E-state index contributed by atoms with van der Waals surface area (Å²) in [4.78, 5) is 15.0. The average molecular weight is 288 g/mol. The van der Waals surface area contributed by atoms with Gasteiger partial charge in [-0.15, -0.1) is 0 Å². The number of aryl methyl sites for hydroxylation is 1. The van der Waals surface area contributed by atoms with Crippen LogP contribution in [0.25, 0.3) is 10.9 Å². The molecule has 114 valence electrons. The minimum absolute atomic E-state index is 0.0260. The summed E-state index contributed by atoms with van der Waals surface area (Å²) in [5.74, 6) is 0.507. The molecule has 2 aromatic rings. The van der Waals surface area contributed by atoms with Crippen molar-refractivity contribution in [2.45, 2.75) is 39.8 Å². The van der Waals surface area contributed by atoms with E-state index in [2.05, 4.69) is 24.1 Å². The molecule has 0 aliphatic carbocycles. The number of aromatic nitrogens is 1. The molecule has 0 spiro atoms. The van der Waals surface area contributed by atoms with Gasteiger partial charge in [-0.05, 0) is 42.3 Å². The van der Waals surface area contributed by atoms with Gasteiger partial charge in [0.25, 0.3) is 5.56 Å². The second-order valence-electron chi connectivity index (χ2n) is 6.10. The van der Waals surface area contributed by atoms with Gasteiger partial charge in [-0.1, -0.05) is 26.0 Å². The molecule has 0 aliphatic rings. The lowest BCUT2D eigenvalue weighted by atomic mass is 10.0. The van der Waals surface area contributed by atoms with E-state index >= 15 is 0 Å². The first kappa shape index (κ1) is 15.7. The fourth-order valence-corrected chi connectivity index (χ4v) is 2.54. The van der Waals surface area contributed by atoms with Gasteiger partial charge in [-0.3, -0.25) is 4.79 Å². The Kier molecular flexibility index (Phi) is 5.15. The first-order valence-corrected chi connectivity index (χ1v) is 7.46. The summed E-state index contributed by atoms with van der Waals surface area (Å²) >= 11 is 0. The van der Waals surface area contributed by atoms with Crippen molar-refractivity contribution in [2.75, 3.05) is 6.61 Å². The van der Waals surface area contributed by atoms with Crippen molar-refractivity contribution in [3.8, 4) is 0 Å². The van der Waals surface area contributed by atoms with Crippen molar-refractivity contribution in [1.29, 1.82) is 0 Å². The van der Waals surface area contributed by atoms with Crippen LogP contribution in [0, 0.1) is 12.8 Å². The van der Waals surface area contributed by atoms with Gasteiger partial charge in [0.2, 0.25) is 0 Å².